The van der Waals surface area contributed by atoms with Crippen molar-refractivity contribution >= 4 is 0 Å². The third kappa shape index (κ3) is 3.24. The van der Waals surface area contributed by atoms with Crippen molar-refractivity contribution < 1.29 is 0 Å². The van der Waals surface area contributed by atoms with E-state index in [0.29, 0.717) is 5.92 Å². The molecule has 1 rings (SSSR count). The largest absolute Gasteiger partial charge is 0.151 e. The van der Waals surface area contributed by atoms with Crippen molar-refractivity contribution in [2.45, 2.75) is 58.4 Å². The van der Waals surface area contributed by atoms with Crippen LogP contribution in [0.25, 0.3) is 0 Å². The molecule has 0 aromatic carbocycles. The minimum atomic E-state index is 0.103. The van der Waals surface area contributed by atoms with Crippen LogP contribution in [0.5, 0.6) is 0 Å². The summed E-state index contributed by atoms with van der Waals surface area (Å²) in [4.78, 5) is 10.3. The Labute approximate surface area is 86.8 Å². The number of hydrogen-bond donors (Lipinski definition) is 0. The van der Waals surface area contributed by atoms with E-state index in [0.717, 1.165) is 25.7 Å². The smallest absolute Gasteiger partial charge is 0.0920 e. The van der Waals surface area contributed by atoms with E-state index < -0.39 is 0 Å². The van der Waals surface area contributed by atoms with Gasteiger partial charge in [-0.1, -0.05) is 30.7 Å². The first-order valence-electron chi connectivity index (χ1n) is 5.82. The Bertz CT molecular complexity index is 196. The van der Waals surface area contributed by atoms with Crippen molar-refractivity contribution in [2.24, 2.45) is 11.1 Å². The van der Waals surface area contributed by atoms with Gasteiger partial charge >= 0.3 is 0 Å². The molecule has 0 aromatic heterocycles. The van der Waals surface area contributed by atoms with Crippen LogP contribution in [0, 0.1) is 10.8 Å². The van der Waals surface area contributed by atoms with Gasteiger partial charge in [-0.3, -0.25) is 0 Å². The molecule has 1 saturated carbocycles. The van der Waals surface area contributed by atoms with Gasteiger partial charge in [0, 0.05) is 0 Å². The summed E-state index contributed by atoms with van der Waals surface area (Å²) in [6, 6.07) is 0.103. The second-order valence-corrected chi connectivity index (χ2v) is 4.21. The van der Waals surface area contributed by atoms with Gasteiger partial charge in [0.25, 0.3) is 0 Å². The van der Waals surface area contributed by atoms with Gasteiger partial charge in [0.05, 0.1) is 6.04 Å². The van der Waals surface area contributed by atoms with Crippen molar-refractivity contribution in [2.75, 3.05) is 0 Å². The fourth-order valence-electron chi connectivity index (χ4n) is 2.19. The zero-order chi connectivity index (χ0) is 10.4. The maximum Gasteiger partial charge on any atom is 0.0920 e. The summed E-state index contributed by atoms with van der Waals surface area (Å²) < 4.78 is 0. The minimum Gasteiger partial charge on any atom is -0.151 e. The van der Waals surface area contributed by atoms with E-state index in [9.17, 15) is 4.91 Å². The van der Waals surface area contributed by atoms with Crippen LogP contribution >= 0.6 is 0 Å². The SMILES string of the molecule is CCC(=CC1CCC(N=O)CC1)CC. The minimum absolute atomic E-state index is 0.103. The van der Waals surface area contributed by atoms with E-state index in [-0.39, 0.29) is 6.04 Å². The molecule has 0 aromatic rings. The second-order valence-electron chi connectivity index (χ2n) is 4.21. The van der Waals surface area contributed by atoms with Crippen molar-refractivity contribution in [3.05, 3.63) is 16.6 Å². The highest BCUT2D eigenvalue weighted by molar-refractivity contribution is 5.04. The standard InChI is InChI=1S/C12H21NO/c1-3-10(4-2)9-11-5-7-12(13-14)8-6-11/h9,11-12H,3-8H2,1-2H3. The lowest BCUT2D eigenvalue weighted by atomic mass is 9.85. The van der Waals surface area contributed by atoms with E-state index >= 15 is 0 Å². The molecule has 0 saturated heterocycles. The summed E-state index contributed by atoms with van der Waals surface area (Å²) in [5.74, 6) is 0.711. The molecule has 0 radical (unpaired) electrons. The molecule has 1 fully saturated rings. The summed E-state index contributed by atoms with van der Waals surface area (Å²) >= 11 is 0. The topological polar surface area (TPSA) is 29.4 Å². The highest BCUT2D eigenvalue weighted by atomic mass is 16.3. The van der Waals surface area contributed by atoms with Crippen LogP contribution in [0.3, 0.4) is 0 Å². The highest BCUT2D eigenvalue weighted by Crippen LogP contribution is 2.28. The van der Waals surface area contributed by atoms with E-state index in [1.165, 1.54) is 12.8 Å². The molecule has 80 valence electrons. The van der Waals surface area contributed by atoms with Crippen LogP contribution in [-0.4, -0.2) is 6.04 Å². The summed E-state index contributed by atoms with van der Waals surface area (Å²) in [7, 11) is 0. The predicted octanol–water partition coefficient (Wildman–Crippen LogP) is 4.06. The van der Waals surface area contributed by atoms with Crippen molar-refractivity contribution in [3.8, 4) is 0 Å². The molecule has 0 unspecified atom stereocenters. The summed E-state index contributed by atoms with van der Waals surface area (Å²) in [5.41, 5.74) is 1.56. The van der Waals surface area contributed by atoms with Crippen molar-refractivity contribution in [3.63, 3.8) is 0 Å². The average molecular weight is 195 g/mol. The third-order valence-corrected chi connectivity index (χ3v) is 3.27. The van der Waals surface area contributed by atoms with Crippen LogP contribution in [0.1, 0.15) is 52.4 Å². The normalized spacial score (nSPS) is 27.0. The van der Waals surface area contributed by atoms with Gasteiger partial charge in [0.2, 0.25) is 0 Å². The molecule has 14 heavy (non-hydrogen) atoms. The third-order valence-electron chi connectivity index (χ3n) is 3.27. The number of nitroso groups, excluding NO2 is 1. The lowest BCUT2D eigenvalue weighted by Crippen LogP contribution is -2.15. The van der Waals surface area contributed by atoms with Crippen LogP contribution < -0.4 is 0 Å². The van der Waals surface area contributed by atoms with E-state index in [1.54, 1.807) is 5.57 Å². The zero-order valence-electron chi connectivity index (χ0n) is 9.33. The first kappa shape index (κ1) is 11.4. The first-order valence-corrected chi connectivity index (χ1v) is 5.82. The first-order chi connectivity index (χ1) is 6.80. The Kier molecular flexibility index (Phi) is 4.85. The Balaban J connectivity index is 2.41. The van der Waals surface area contributed by atoms with Gasteiger partial charge < -0.3 is 0 Å². The predicted molar refractivity (Wildman–Crippen MR) is 60.2 cm³/mol. The number of allylic oxidation sites excluding steroid dienone is 2. The molecule has 1 aliphatic rings. The van der Waals surface area contributed by atoms with Gasteiger partial charge in [0.15, 0.2) is 0 Å². The number of nitrogens with zero attached hydrogens (tertiary/aromatic N) is 1. The molecule has 0 heterocycles. The Morgan fingerprint density at radius 3 is 2.21 bits per heavy atom. The highest BCUT2D eigenvalue weighted by Gasteiger charge is 2.19. The van der Waals surface area contributed by atoms with Crippen LogP contribution in [0.2, 0.25) is 0 Å². The molecule has 1 aliphatic carbocycles. The van der Waals surface area contributed by atoms with Crippen LogP contribution in [0.4, 0.5) is 0 Å². The molecule has 2 heteroatoms. The van der Waals surface area contributed by atoms with Gasteiger partial charge in [-0.15, -0.1) is 0 Å². The maximum atomic E-state index is 10.3. The summed E-state index contributed by atoms with van der Waals surface area (Å²) in [6.07, 6.45) is 9.06. The van der Waals surface area contributed by atoms with Gasteiger partial charge in [-0.2, -0.15) is 4.91 Å². The quantitative estimate of drug-likeness (QED) is 0.491. The van der Waals surface area contributed by atoms with E-state index in [2.05, 4.69) is 25.1 Å². The van der Waals surface area contributed by atoms with E-state index in [4.69, 9.17) is 0 Å². The Hall–Kier alpha value is -0.660. The molecule has 0 spiro atoms. The Morgan fingerprint density at radius 1 is 1.21 bits per heavy atom. The summed E-state index contributed by atoms with van der Waals surface area (Å²) in [5, 5.41) is 3.13. The number of hydrogen-bond acceptors (Lipinski definition) is 2. The molecular formula is C12H21NO. The van der Waals surface area contributed by atoms with Crippen molar-refractivity contribution in [1.82, 2.24) is 0 Å². The maximum absolute atomic E-state index is 10.3. The molecule has 2 nitrogen and oxygen atoms in total. The fourth-order valence-corrected chi connectivity index (χ4v) is 2.19. The fraction of sp³-hybridized carbons (Fsp3) is 0.833. The molecule has 0 aliphatic heterocycles. The average Bonchev–Trinajstić information content (AvgIpc) is 2.26. The van der Waals surface area contributed by atoms with E-state index in [1.807, 2.05) is 0 Å². The monoisotopic (exact) mass is 195 g/mol. The van der Waals surface area contributed by atoms with Gasteiger partial charge in [-0.05, 0) is 44.4 Å². The zero-order valence-corrected chi connectivity index (χ0v) is 9.33. The van der Waals surface area contributed by atoms with Crippen LogP contribution in [-0.2, 0) is 0 Å². The van der Waals surface area contributed by atoms with Gasteiger partial charge in [-0.25, -0.2) is 0 Å². The Morgan fingerprint density at radius 2 is 1.79 bits per heavy atom. The lowest BCUT2D eigenvalue weighted by Gasteiger charge is -2.22. The molecular weight excluding hydrogens is 174 g/mol. The molecule has 0 N–H and O–H groups in total. The lowest BCUT2D eigenvalue weighted by molar-refractivity contribution is 0.373. The second kappa shape index (κ2) is 5.94. The number of rotatable bonds is 4. The molecule has 0 bridgehead atoms. The van der Waals surface area contributed by atoms with Crippen molar-refractivity contribution in [1.29, 1.82) is 0 Å². The summed E-state index contributed by atoms with van der Waals surface area (Å²) in [6.45, 7) is 4.43. The van der Waals surface area contributed by atoms with Gasteiger partial charge in [0.1, 0.15) is 0 Å². The van der Waals surface area contributed by atoms with Crippen LogP contribution in [0.15, 0.2) is 16.8 Å². The molecule has 0 atom stereocenters. The molecule has 0 amide bonds.